The minimum atomic E-state index is -0.744. The third kappa shape index (κ3) is 3.27. The molecule has 1 amide bonds. The molecule has 2 unspecified atom stereocenters. The van der Waals surface area contributed by atoms with Crippen LogP contribution in [0, 0.1) is 17.8 Å². The maximum atomic E-state index is 12.9. The number of pyridine rings is 1. The van der Waals surface area contributed by atoms with Gasteiger partial charge in [-0.1, -0.05) is 17.7 Å². The van der Waals surface area contributed by atoms with Crippen LogP contribution in [0.3, 0.4) is 0 Å². The van der Waals surface area contributed by atoms with Gasteiger partial charge in [-0.15, -0.1) is 0 Å². The molecule has 1 aromatic carbocycles. The van der Waals surface area contributed by atoms with Gasteiger partial charge in [-0.2, -0.15) is 0 Å². The third-order valence-electron chi connectivity index (χ3n) is 6.58. The molecule has 1 aromatic heterocycles. The third-order valence-corrected chi connectivity index (χ3v) is 6.80. The van der Waals surface area contributed by atoms with E-state index in [0.717, 1.165) is 25.7 Å². The number of nitrogens with one attached hydrogen (secondary N) is 1. The summed E-state index contributed by atoms with van der Waals surface area (Å²) in [7, 11) is 0. The number of carbonyl (C=O) groups excluding carboxylic acids is 1. The van der Waals surface area contributed by atoms with Gasteiger partial charge < -0.3 is 15.2 Å². The average molecular weight is 399 g/mol. The number of benzene rings is 1. The second-order valence-electron chi connectivity index (χ2n) is 8.61. The Morgan fingerprint density at radius 1 is 1.18 bits per heavy atom. The summed E-state index contributed by atoms with van der Waals surface area (Å²) in [6, 6.07) is 10.3. The molecule has 4 fully saturated rings. The van der Waals surface area contributed by atoms with Crippen molar-refractivity contribution in [2.75, 3.05) is 0 Å². The minimum absolute atomic E-state index is 0.157. The number of hydrogen-bond acceptors (Lipinski definition) is 4. The second-order valence-corrected chi connectivity index (χ2v) is 9.04. The van der Waals surface area contributed by atoms with Crippen molar-refractivity contribution in [2.24, 2.45) is 17.8 Å². The van der Waals surface area contributed by atoms with Gasteiger partial charge in [0.1, 0.15) is 5.75 Å². The quantitative estimate of drug-likeness (QED) is 0.809. The summed E-state index contributed by atoms with van der Waals surface area (Å²) in [6.07, 6.45) is 6.63. The van der Waals surface area contributed by atoms with Crippen molar-refractivity contribution >= 4 is 17.5 Å². The van der Waals surface area contributed by atoms with Crippen LogP contribution in [0.4, 0.5) is 0 Å². The van der Waals surface area contributed by atoms with Crippen molar-refractivity contribution < 1.29 is 14.6 Å². The van der Waals surface area contributed by atoms with E-state index < -0.39 is 5.60 Å². The predicted octanol–water partition coefficient (Wildman–Crippen LogP) is 4.20. The van der Waals surface area contributed by atoms with E-state index in [9.17, 15) is 9.90 Å². The highest BCUT2D eigenvalue weighted by atomic mass is 35.5. The molecule has 146 valence electrons. The minimum Gasteiger partial charge on any atom is -0.439 e. The predicted molar refractivity (Wildman–Crippen MR) is 106 cm³/mol. The number of aliphatic hydroxyl groups is 1. The van der Waals surface area contributed by atoms with Crippen molar-refractivity contribution in [2.45, 2.75) is 43.7 Å². The summed E-state index contributed by atoms with van der Waals surface area (Å²) < 4.78 is 5.73. The largest absolute Gasteiger partial charge is 0.439 e. The molecular formula is C22H23ClN2O3. The van der Waals surface area contributed by atoms with Crippen LogP contribution >= 0.6 is 11.6 Å². The molecule has 28 heavy (non-hydrogen) atoms. The molecule has 6 rings (SSSR count). The average Bonchev–Trinajstić information content (AvgIpc) is 2.66. The zero-order valence-electron chi connectivity index (χ0n) is 15.5. The maximum absolute atomic E-state index is 12.9. The van der Waals surface area contributed by atoms with Gasteiger partial charge in [-0.05, 0) is 74.1 Å². The summed E-state index contributed by atoms with van der Waals surface area (Å²) in [5, 5.41) is 14.8. The first-order chi connectivity index (χ1) is 13.5. The lowest BCUT2D eigenvalue weighted by atomic mass is 9.52. The molecule has 4 aliphatic carbocycles. The van der Waals surface area contributed by atoms with Crippen LogP contribution in [-0.2, 0) is 0 Å². The molecule has 3 atom stereocenters. The van der Waals surface area contributed by atoms with Gasteiger partial charge in [0.05, 0.1) is 16.7 Å². The first kappa shape index (κ1) is 18.0. The van der Waals surface area contributed by atoms with E-state index >= 15 is 0 Å². The Morgan fingerprint density at radius 3 is 2.64 bits per heavy atom. The summed E-state index contributed by atoms with van der Waals surface area (Å²) in [4.78, 5) is 17.0. The maximum Gasteiger partial charge on any atom is 0.251 e. The second kappa shape index (κ2) is 6.75. The monoisotopic (exact) mass is 398 g/mol. The number of amides is 1. The van der Waals surface area contributed by atoms with E-state index in [4.69, 9.17) is 16.3 Å². The highest BCUT2D eigenvalue weighted by molar-refractivity contribution is 6.30. The Hall–Kier alpha value is -2.11. The molecule has 0 radical (unpaired) electrons. The molecule has 0 spiro atoms. The topological polar surface area (TPSA) is 71.5 Å². The Balaban J connectivity index is 1.31. The molecule has 1 heterocycles. The lowest BCUT2D eigenvalue weighted by Crippen LogP contribution is -2.66. The van der Waals surface area contributed by atoms with E-state index in [0.29, 0.717) is 40.0 Å². The lowest BCUT2D eigenvalue weighted by Gasteiger charge is -2.58. The van der Waals surface area contributed by atoms with Gasteiger partial charge >= 0.3 is 0 Å². The molecule has 4 saturated carbocycles. The highest BCUT2D eigenvalue weighted by Gasteiger charge is 2.56. The first-order valence-corrected chi connectivity index (χ1v) is 10.3. The summed E-state index contributed by atoms with van der Waals surface area (Å²) in [6.45, 7) is 0. The highest BCUT2D eigenvalue weighted by Crippen LogP contribution is 2.55. The normalized spacial score (nSPS) is 32.9. The van der Waals surface area contributed by atoms with E-state index in [1.165, 1.54) is 12.6 Å². The van der Waals surface area contributed by atoms with Crippen LogP contribution in [0.25, 0.3) is 0 Å². The van der Waals surface area contributed by atoms with E-state index in [1.807, 2.05) is 0 Å². The molecule has 2 aromatic rings. The first-order valence-electron chi connectivity index (χ1n) is 9.91. The SMILES string of the molecule is O=C(N[C@H]1C2CC3CC(C2)CC1(O)C3)c1cccc(Oc2ccc(Cl)cn2)c1. The summed E-state index contributed by atoms with van der Waals surface area (Å²) in [5.41, 5.74) is -0.227. The van der Waals surface area contributed by atoms with Gasteiger partial charge in [0.15, 0.2) is 0 Å². The van der Waals surface area contributed by atoms with Crippen LogP contribution in [0.15, 0.2) is 42.6 Å². The van der Waals surface area contributed by atoms with Crippen LogP contribution in [0.5, 0.6) is 11.6 Å². The fourth-order valence-electron chi connectivity index (χ4n) is 5.72. The Bertz CT molecular complexity index is 887. The standard InChI is InChI=1S/C22H23ClN2O3/c23-17-4-5-19(24-12-17)28-18-3-1-2-15(9-18)21(26)25-20-16-7-13-6-14(8-16)11-22(20,27)10-13/h1-5,9,12-14,16,20,27H,6-8,10-11H2,(H,25,26)/t13?,14?,16?,20-,22?/m0/s1. The Labute approximate surface area is 169 Å². The van der Waals surface area contributed by atoms with Crippen LogP contribution < -0.4 is 10.1 Å². The Kier molecular flexibility index (Phi) is 4.33. The van der Waals surface area contributed by atoms with E-state index in [1.54, 1.807) is 36.4 Å². The van der Waals surface area contributed by atoms with Crippen LogP contribution in [0.2, 0.25) is 5.02 Å². The number of halogens is 1. The number of hydrogen-bond donors (Lipinski definition) is 2. The van der Waals surface area contributed by atoms with Gasteiger partial charge in [0.2, 0.25) is 5.88 Å². The van der Waals surface area contributed by atoms with Gasteiger partial charge in [-0.3, -0.25) is 4.79 Å². The fourth-order valence-corrected chi connectivity index (χ4v) is 5.83. The number of nitrogens with zero attached hydrogens (tertiary/aromatic N) is 1. The zero-order valence-corrected chi connectivity index (χ0v) is 16.2. The summed E-state index contributed by atoms with van der Waals surface area (Å²) >= 11 is 5.85. The molecule has 4 bridgehead atoms. The van der Waals surface area contributed by atoms with Crippen molar-refractivity contribution in [1.29, 1.82) is 0 Å². The van der Waals surface area contributed by atoms with Gasteiger partial charge in [-0.25, -0.2) is 4.98 Å². The summed E-state index contributed by atoms with van der Waals surface area (Å²) in [5.74, 6) is 2.42. The molecule has 2 N–H and O–H groups in total. The lowest BCUT2D eigenvalue weighted by molar-refractivity contribution is -0.146. The van der Waals surface area contributed by atoms with Crippen LogP contribution in [0.1, 0.15) is 42.5 Å². The fraction of sp³-hybridized carbons (Fsp3) is 0.455. The Morgan fingerprint density at radius 2 is 1.96 bits per heavy atom. The van der Waals surface area contributed by atoms with E-state index in [2.05, 4.69) is 10.3 Å². The number of carbonyl (C=O) groups is 1. The smallest absolute Gasteiger partial charge is 0.251 e. The van der Waals surface area contributed by atoms with Crippen LogP contribution in [-0.4, -0.2) is 27.6 Å². The zero-order chi connectivity index (χ0) is 19.3. The molecule has 0 aliphatic heterocycles. The molecule has 0 saturated heterocycles. The van der Waals surface area contributed by atoms with Crippen molar-refractivity contribution in [3.63, 3.8) is 0 Å². The molecular weight excluding hydrogens is 376 g/mol. The van der Waals surface area contributed by atoms with Crippen molar-refractivity contribution in [3.8, 4) is 11.6 Å². The van der Waals surface area contributed by atoms with E-state index in [-0.39, 0.29) is 11.9 Å². The van der Waals surface area contributed by atoms with Crippen molar-refractivity contribution in [3.05, 3.63) is 53.2 Å². The molecule has 5 nitrogen and oxygen atoms in total. The van der Waals surface area contributed by atoms with Crippen molar-refractivity contribution in [1.82, 2.24) is 10.3 Å². The number of ether oxygens (including phenoxy) is 1. The van der Waals surface area contributed by atoms with Gasteiger partial charge in [0, 0.05) is 17.8 Å². The molecule has 4 aliphatic rings. The van der Waals surface area contributed by atoms with Gasteiger partial charge in [0.25, 0.3) is 5.91 Å². The number of rotatable bonds is 4. The number of aromatic nitrogens is 1. The molecule has 6 heteroatoms.